The lowest BCUT2D eigenvalue weighted by Gasteiger charge is -2.41. The number of aliphatic hydroxyl groups excluding tert-OH is 1. The van der Waals surface area contributed by atoms with Crippen LogP contribution in [0, 0.1) is 11.3 Å². The van der Waals surface area contributed by atoms with Gasteiger partial charge in [-0.3, -0.25) is 9.52 Å². The summed E-state index contributed by atoms with van der Waals surface area (Å²) >= 11 is 1.39. The summed E-state index contributed by atoms with van der Waals surface area (Å²) in [6, 6.07) is 11.6. The number of likely N-dealkylation sites (tertiary alicyclic amines) is 1. The molecule has 1 aromatic heterocycles. The van der Waals surface area contributed by atoms with E-state index in [9.17, 15) is 18.3 Å². The first-order valence-electron chi connectivity index (χ1n) is 11.1. The number of rotatable bonds is 7. The van der Waals surface area contributed by atoms with Gasteiger partial charge in [0.15, 0.2) is 0 Å². The highest BCUT2D eigenvalue weighted by atomic mass is 32.2. The van der Waals surface area contributed by atoms with Gasteiger partial charge in [-0.1, -0.05) is 19.9 Å². The van der Waals surface area contributed by atoms with E-state index >= 15 is 0 Å². The molecule has 1 aliphatic heterocycles. The van der Waals surface area contributed by atoms with Crippen LogP contribution in [0.4, 0.5) is 5.69 Å². The van der Waals surface area contributed by atoms with Gasteiger partial charge in [-0.05, 0) is 67.0 Å². The smallest absolute Gasteiger partial charge is 0.264 e. The molecule has 0 bridgehead atoms. The van der Waals surface area contributed by atoms with Gasteiger partial charge < -0.3 is 10.0 Å². The summed E-state index contributed by atoms with van der Waals surface area (Å²) in [5.41, 5.74) is 2.86. The summed E-state index contributed by atoms with van der Waals surface area (Å²) in [5.74, 6) is 0.422. The average Bonchev–Trinajstić information content (AvgIpc) is 3.28. The minimum absolute atomic E-state index is 0.0762. The van der Waals surface area contributed by atoms with E-state index in [2.05, 4.69) is 23.6 Å². The average molecular weight is 488 g/mol. The quantitative estimate of drug-likeness (QED) is 0.516. The van der Waals surface area contributed by atoms with Crippen molar-refractivity contribution >= 4 is 43.2 Å². The first-order valence-corrected chi connectivity index (χ1v) is 13.4. The fourth-order valence-corrected chi connectivity index (χ4v) is 6.63. The number of nitrogens with zero attached hydrogens (tertiary/aromatic N) is 2. The molecule has 4 rings (SSSR count). The number of carbonyl (C=O) groups excluding carboxylic acids is 1. The van der Waals surface area contributed by atoms with Crippen LogP contribution in [-0.2, 0) is 10.0 Å². The van der Waals surface area contributed by atoms with Crippen LogP contribution in [0.15, 0.2) is 52.9 Å². The lowest BCUT2D eigenvalue weighted by Crippen LogP contribution is -2.45. The molecule has 2 heterocycles. The predicted octanol–water partition coefficient (Wildman–Crippen LogP) is 4.36. The first kappa shape index (κ1) is 23.7. The Morgan fingerprint density at radius 1 is 1.18 bits per heavy atom. The molecule has 3 aromatic rings. The zero-order chi connectivity index (χ0) is 23.6. The number of carbonyl (C=O) groups is 1. The van der Waals surface area contributed by atoms with Gasteiger partial charge in [-0.25, -0.2) is 13.4 Å². The van der Waals surface area contributed by atoms with Crippen molar-refractivity contribution < 1.29 is 18.3 Å². The summed E-state index contributed by atoms with van der Waals surface area (Å²) in [7, 11) is -3.81. The Kier molecular flexibility index (Phi) is 6.74. The number of fused-ring (bicyclic) bond motifs is 1. The second-order valence-electron chi connectivity index (χ2n) is 9.19. The number of thiazole rings is 1. The summed E-state index contributed by atoms with van der Waals surface area (Å²) in [5, 5.41) is 9.92. The lowest BCUT2D eigenvalue weighted by molar-refractivity contribution is 0.0247. The van der Waals surface area contributed by atoms with E-state index in [-0.39, 0.29) is 22.8 Å². The van der Waals surface area contributed by atoms with Gasteiger partial charge in [0.1, 0.15) is 10.4 Å². The highest BCUT2D eigenvalue weighted by Gasteiger charge is 2.36. The van der Waals surface area contributed by atoms with E-state index in [4.69, 9.17) is 0 Å². The molecule has 33 heavy (non-hydrogen) atoms. The maximum atomic E-state index is 13.0. The molecule has 2 N–H and O–H groups in total. The normalized spacial score (nSPS) is 16.3. The number of hydrogen-bond donors (Lipinski definition) is 2. The molecule has 1 amide bonds. The number of para-hydroxylation sites is 1. The SMILES string of the molecule is CC(C)CC1(CO)CCN(C(=O)c2ccc(NS(=O)(=O)c3cccc4scnc34)cc2)CC1. The van der Waals surface area contributed by atoms with Crippen LogP contribution in [0.3, 0.4) is 0 Å². The van der Waals surface area contributed by atoms with E-state index < -0.39 is 10.0 Å². The number of amides is 1. The van der Waals surface area contributed by atoms with Crippen molar-refractivity contribution in [2.45, 2.75) is 38.0 Å². The Balaban J connectivity index is 1.43. The molecule has 0 radical (unpaired) electrons. The van der Waals surface area contributed by atoms with Crippen LogP contribution >= 0.6 is 11.3 Å². The van der Waals surface area contributed by atoms with Crippen LogP contribution in [-0.4, -0.2) is 49.0 Å². The van der Waals surface area contributed by atoms with Crippen LogP contribution in [0.1, 0.15) is 43.5 Å². The minimum atomic E-state index is -3.81. The van der Waals surface area contributed by atoms with Gasteiger partial charge in [-0.15, -0.1) is 11.3 Å². The van der Waals surface area contributed by atoms with Crippen LogP contribution in [0.25, 0.3) is 10.2 Å². The fourth-order valence-electron chi connectivity index (χ4n) is 4.63. The number of benzene rings is 2. The zero-order valence-corrected chi connectivity index (χ0v) is 20.5. The molecule has 0 aliphatic carbocycles. The van der Waals surface area contributed by atoms with E-state index in [1.54, 1.807) is 35.8 Å². The Morgan fingerprint density at radius 2 is 1.88 bits per heavy atom. The zero-order valence-electron chi connectivity index (χ0n) is 18.8. The molecule has 0 spiro atoms. The van der Waals surface area contributed by atoms with Gasteiger partial charge in [0.25, 0.3) is 15.9 Å². The molecular formula is C24H29N3O4S2. The van der Waals surface area contributed by atoms with Crippen molar-refractivity contribution in [1.82, 2.24) is 9.88 Å². The van der Waals surface area contributed by atoms with E-state index in [0.29, 0.717) is 35.8 Å². The second kappa shape index (κ2) is 9.40. The van der Waals surface area contributed by atoms with Gasteiger partial charge in [-0.2, -0.15) is 0 Å². The topological polar surface area (TPSA) is 99.6 Å². The largest absolute Gasteiger partial charge is 0.396 e. The molecular weight excluding hydrogens is 458 g/mol. The molecule has 1 aliphatic rings. The molecule has 2 aromatic carbocycles. The van der Waals surface area contributed by atoms with Gasteiger partial charge in [0, 0.05) is 30.9 Å². The van der Waals surface area contributed by atoms with Gasteiger partial charge in [0.2, 0.25) is 0 Å². The summed E-state index contributed by atoms with van der Waals surface area (Å²) in [6.45, 7) is 5.68. The summed E-state index contributed by atoms with van der Waals surface area (Å²) in [6.07, 6.45) is 2.52. The molecule has 9 heteroatoms. The third-order valence-corrected chi connectivity index (χ3v) is 8.49. The molecule has 1 fully saturated rings. The van der Waals surface area contributed by atoms with Gasteiger partial charge in [0.05, 0.1) is 10.2 Å². The maximum Gasteiger partial charge on any atom is 0.264 e. The molecule has 0 atom stereocenters. The minimum Gasteiger partial charge on any atom is -0.396 e. The Morgan fingerprint density at radius 3 is 2.52 bits per heavy atom. The third-order valence-electron chi connectivity index (χ3n) is 6.29. The maximum absolute atomic E-state index is 13.0. The van der Waals surface area contributed by atoms with Crippen LogP contribution in [0.2, 0.25) is 0 Å². The van der Waals surface area contributed by atoms with Crippen molar-refractivity contribution in [1.29, 1.82) is 0 Å². The Hall–Kier alpha value is -2.49. The first-order chi connectivity index (χ1) is 15.7. The van der Waals surface area contributed by atoms with E-state index in [1.165, 1.54) is 17.4 Å². The number of nitrogens with one attached hydrogen (secondary N) is 1. The number of aliphatic hydroxyl groups is 1. The molecule has 1 saturated heterocycles. The summed E-state index contributed by atoms with van der Waals surface area (Å²) < 4.78 is 29.2. The number of hydrogen-bond acceptors (Lipinski definition) is 6. The van der Waals surface area contributed by atoms with Crippen LogP contribution in [0.5, 0.6) is 0 Å². The van der Waals surface area contributed by atoms with Crippen molar-refractivity contribution in [3.63, 3.8) is 0 Å². The highest BCUT2D eigenvalue weighted by molar-refractivity contribution is 7.93. The van der Waals surface area contributed by atoms with Gasteiger partial charge >= 0.3 is 0 Å². The Bertz CT molecular complexity index is 1230. The number of sulfonamides is 1. The molecule has 0 saturated carbocycles. The third kappa shape index (κ3) is 5.05. The molecule has 0 unspecified atom stereocenters. The van der Waals surface area contributed by atoms with Crippen molar-refractivity contribution in [3.05, 3.63) is 53.5 Å². The van der Waals surface area contributed by atoms with Crippen molar-refractivity contribution in [2.75, 3.05) is 24.4 Å². The highest BCUT2D eigenvalue weighted by Crippen LogP contribution is 2.37. The fraction of sp³-hybridized carbons (Fsp3) is 0.417. The van der Waals surface area contributed by atoms with E-state index in [0.717, 1.165) is 24.0 Å². The van der Waals surface area contributed by atoms with Crippen molar-refractivity contribution in [2.24, 2.45) is 11.3 Å². The standard InChI is InChI=1S/C24H29N3O4S2/c1-17(2)14-24(15-28)10-12-27(13-11-24)23(29)18-6-8-19(9-7-18)26-33(30,31)21-5-3-4-20-22(21)25-16-32-20/h3-9,16-17,26,28H,10-15H2,1-2H3. The summed E-state index contributed by atoms with van der Waals surface area (Å²) in [4.78, 5) is 19.1. The van der Waals surface area contributed by atoms with E-state index in [1.807, 2.05) is 11.0 Å². The second-order valence-corrected chi connectivity index (χ2v) is 11.7. The number of anilines is 1. The predicted molar refractivity (Wildman–Crippen MR) is 131 cm³/mol. The number of aromatic nitrogens is 1. The Labute approximate surface area is 198 Å². The lowest BCUT2D eigenvalue weighted by atomic mass is 9.73. The number of piperidine rings is 1. The molecule has 7 nitrogen and oxygen atoms in total. The van der Waals surface area contributed by atoms with Crippen molar-refractivity contribution in [3.8, 4) is 0 Å². The van der Waals surface area contributed by atoms with Crippen LogP contribution < -0.4 is 4.72 Å². The monoisotopic (exact) mass is 487 g/mol. The molecule has 176 valence electrons.